The molecule has 1 aliphatic heterocycles. The second kappa shape index (κ2) is 12.6. The second-order valence-electron chi connectivity index (χ2n) is 6.79. The van der Waals surface area contributed by atoms with Gasteiger partial charge in [0.05, 0.1) is 6.04 Å². The molecule has 0 atom stereocenters. The van der Waals surface area contributed by atoms with Gasteiger partial charge in [0.1, 0.15) is 0 Å². The number of hydrogen-bond acceptors (Lipinski definition) is 3. The van der Waals surface area contributed by atoms with E-state index >= 15 is 0 Å². The van der Waals surface area contributed by atoms with Gasteiger partial charge in [-0.05, 0) is 17.5 Å². The highest BCUT2D eigenvalue weighted by atomic mass is 16.2. The molecule has 2 aromatic rings. The lowest BCUT2D eigenvalue weighted by Crippen LogP contribution is -2.45. The Hall–Kier alpha value is -1.68. The van der Waals surface area contributed by atoms with E-state index in [2.05, 4.69) is 77.8 Å². The quantitative estimate of drug-likeness (QED) is 0.730. The summed E-state index contributed by atoms with van der Waals surface area (Å²) in [5.41, 5.74) is 2.77. The zero-order valence-corrected chi connectivity index (χ0v) is 16.1. The second-order valence-corrected chi connectivity index (χ2v) is 6.79. The van der Waals surface area contributed by atoms with Crippen LogP contribution in [0.25, 0.3) is 0 Å². The zero-order chi connectivity index (χ0) is 18.5. The smallest absolute Gasteiger partial charge is 0.0602 e. The number of piperazine rings is 1. The van der Waals surface area contributed by atoms with E-state index in [0.717, 1.165) is 32.6 Å². The summed E-state index contributed by atoms with van der Waals surface area (Å²) in [6.07, 6.45) is 4.68. The van der Waals surface area contributed by atoms with E-state index in [0.29, 0.717) is 12.6 Å². The lowest BCUT2D eigenvalue weighted by Gasteiger charge is -2.35. The van der Waals surface area contributed by atoms with E-state index in [-0.39, 0.29) is 0 Å². The van der Waals surface area contributed by atoms with Gasteiger partial charge >= 0.3 is 0 Å². The summed E-state index contributed by atoms with van der Waals surface area (Å²) in [5.74, 6) is 0. The maximum absolute atomic E-state index is 8.29. The van der Waals surface area contributed by atoms with Crippen molar-refractivity contribution in [1.82, 2.24) is 10.2 Å². The number of hydrogen-bond donors (Lipinski definition) is 2. The van der Waals surface area contributed by atoms with Crippen molar-refractivity contribution in [2.45, 2.75) is 38.6 Å². The molecule has 1 aliphatic rings. The Labute approximate surface area is 159 Å². The van der Waals surface area contributed by atoms with Gasteiger partial charge in [0.2, 0.25) is 0 Å². The highest BCUT2D eigenvalue weighted by Gasteiger charge is 2.23. The average Bonchev–Trinajstić information content (AvgIpc) is 2.72. The molecule has 3 heteroatoms. The van der Waals surface area contributed by atoms with Gasteiger partial charge in [-0.2, -0.15) is 0 Å². The van der Waals surface area contributed by atoms with Crippen molar-refractivity contribution in [3.63, 3.8) is 0 Å². The summed E-state index contributed by atoms with van der Waals surface area (Å²) >= 11 is 0. The van der Waals surface area contributed by atoms with E-state index in [1.54, 1.807) is 0 Å². The third-order valence-electron chi connectivity index (χ3n) is 4.76. The monoisotopic (exact) mass is 354 g/mol. The molecule has 0 aliphatic carbocycles. The summed E-state index contributed by atoms with van der Waals surface area (Å²) in [7, 11) is 0. The predicted octanol–water partition coefficient (Wildman–Crippen LogP) is 4.24. The first-order chi connectivity index (χ1) is 12.9. The third-order valence-corrected chi connectivity index (χ3v) is 4.76. The van der Waals surface area contributed by atoms with Crippen molar-refractivity contribution < 1.29 is 5.11 Å². The molecule has 1 heterocycles. The predicted molar refractivity (Wildman–Crippen MR) is 110 cm³/mol. The van der Waals surface area contributed by atoms with Crippen LogP contribution in [-0.4, -0.2) is 42.8 Å². The molecular formula is C23H34N2O. The van der Waals surface area contributed by atoms with Crippen LogP contribution in [0.2, 0.25) is 0 Å². The molecule has 1 saturated heterocycles. The van der Waals surface area contributed by atoms with Crippen LogP contribution in [0, 0.1) is 0 Å². The first-order valence-corrected chi connectivity index (χ1v) is 10.0. The summed E-state index contributed by atoms with van der Waals surface area (Å²) in [5, 5.41) is 11.7. The van der Waals surface area contributed by atoms with Crippen LogP contribution in [-0.2, 0) is 0 Å². The lowest BCUT2D eigenvalue weighted by molar-refractivity contribution is 0.198. The van der Waals surface area contributed by atoms with Gasteiger partial charge in [-0.3, -0.25) is 4.90 Å². The van der Waals surface area contributed by atoms with E-state index in [9.17, 15) is 0 Å². The number of nitrogens with one attached hydrogen (secondary N) is 1. The van der Waals surface area contributed by atoms with E-state index in [1.165, 1.54) is 30.4 Å². The summed E-state index contributed by atoms with van der Waals surface area (Å²) in [6.45, 7) is 6.90. The number of rotatable bonds is 7. The summed E-state index contributed by atoms with van der Waals surface area (Å²) in [4.78, 5) is 2.57. The Balaban J connectivity index is 0.000000298. The molecule has 3 nitrogen and oxygen atoms in total. The van der Waals surface area contributed by atoms with Crippen molar-refractivity contribution in [2.75, 3.05) is 32.8 Å². The van der Waals surface area contributed by atoms with Crippen LogP contribution in [0.1, 0.15) is 49.8 Å². The molecule has 0 aromatic heterocycles. The van der Waals surface area contributed by atoms with Gasteiger partial charge < -0.3 is 10.4 Å². The minimum Gasteiger partial charge on any atom is -0.396 e. The van der Waals surface area contributed by atoms with Crippen LogP contribution in [0.3, 0.4) is 0 Å². The Morgan fingerprint density at radius 2 is 1.38 bits per heavy atom. The Bertz CT molecular complexity index is 524. The molecular weight excluding hydrogens is 320 g/mol. The van der Waals surface area contributed by atoms with Crippen molar-refractivity contribution in [3.05, 3.63) is 71.8 Å². The number of aliphatic hydroxyl groups excluding tert-OH is 1. The fraction of sp³-hybridized carbons (Fsp3) is 0.478. The molecule has 0 unspecified atom stereocenters. The fourth-order valence-corrected chi connectivity index (χ4v) is 3.36. The molecule has 0 bridgehead atoms. The fourth-order valence-electron chi connectivity index (χ4n) is 3.36. The summed E-state index contributed by atoms with van der Waals surface area (Å²) in [6, 6.07) is 22.0. The molecule has 1 fully saturated rings. The average molecular weight is 355 g/mol. The minimum absolute atomic E-state index is 0.361. The van der Waals surface area contributed by atoms with Crippen molar-refractivity contribution in [1.29, 1.82) is 0 Å². The zero-order valence-electron chi connectivity index (χ0n) is 16.1. The number of unbranched alkanes of at least 4 members (excludes halogenated alkanes) is 3. The summed E-state index contributed by atoms with van der Waals surface area (Å²) < 4.78 is 0. The normalized spacial score (nSPS) is 14.7. The van der Waals surface area contributed by atoms with Gasteiger partial charge in [-0.1, -0.05) is 86.8 Å². The lowest BCUT2D eigenvalue weighted by atomic mass is 9.96. The van der Waals surface area contributed by atoms with Crippen LogP contribution in [0.5, 0.6) is 0 Å². The molecule has 0 spiro atoms. The topological polar surface area (TPSA) is 35.5 Å². The molecule has 142 valence electrons. The van der Waals surface area contributed by atoms with Gasteiger partial charge in [0, 0.05) is 32.8 Å². The van der Waals surface area contributed by atoms with Gasteiger partial charge in [0.25, 0.3) is 0 Å². The minimum atomic E-state index is 0.361. The van der Waals surface area contributed by atoms with Crippen molar-refractivity contribution in [2.24, 2.45) is 0 Å². The number of nitrogens with zero attached hydrogens (tertiary/aromatic N) is 1. The molecule has 0 saturated carbocycles. The highest BCUT2D eigenvalue weighted by Crippen LogP contribution is 2.28. The molecule has 0 amide bonds. The standard InChI is InChI=1S/C17H20N2.C6H14O/c1-3-7-15(8-4-1)17(16-9-5-2-6-10-16)19-13-11-18-12-14-19;1-2-3-4-5-6-7/h1-10,17-18H,11-14H2;7H,2-6H2,1H3. The van der Waals surface area contributed by atoms with Crippen LogP contribution >= 0.6 is 0 Å². The molecule has 0 radical (unpaired) electrons. The van der Waals surface area contributed by atoms with Crippen LogP contribution < -0.4 is 5.32 Å². The van der Waals surface area contributed by atoms with E-state index in [4.69, 9.17) is 5.11 Å². The van der Waals surface area contributed by atoms with Crippen molar-refractivity contribution >= 4 is 0 Å². The van der Waals surface area contributed by atoms with Gasteiger partial charge in [-0.25, -0.2) is 0 Å². The highest BCUT2D eigenvalue weighted by molar-refractivity contribution is 5.31. The van der Waals surface area contributed by atoms with Crippen LogP contribution in [0.4, 0.5) is 0 Å². The third kappa shape index (κ3) is 6.91. The van der Waals surface area contributed by atoms with Gasteiger partial charge in [0.15, 0.2) is 0 Å². The van der Waals surface area contributed by atoms with Crippen LogP contribution in [0.15, 0.2) is 60.7 Å². The Morgan fingerprint density at radius 1 is 0.846 bits per heavy atom. The molecule has 2 aromatic carbocycles. The van der Waals surface area contributed by atoms with Crippen molar-refractivity contribution in [3.8, 4) is 0 Å². The van der Waals surface area contributed by atoms with Gasteiger partial charge in [-0.15, -0.1) is 0 Å². The Morgan fingerprint density at radius 3 is 1.85 bits per heavy atom. The maximum Gasteiger partial charge on any atom is 0.0602 e. The first-order valence-electron chi connectivity index (χ1n) is 10.0. The SMILES string of the molecule is CCCCCCO.c1ccc(C(c2ccccc2)N2CCNCC2)cc1. The molecule has 3 rings (SSSR count). The molecule has 26 heavy (non-hydrogen) atoms. The Kier molecular flexibility index (Phi) is 10.0. The van der Waals surface area contributed by atoms with E-state index in [1.807, 2.05) is 0 Å². The van der Waals surface area contributed by atoms with E-state index < -0.39 is 0 Å². The first kappa shape index (κ1) is 20.6. The molecule has 2 N–H and O–H groups in total. The number of benzene rings is 2. The largest absolute Gasteiger partial charge is 0.396 e. The maximum atomic E-state index is 8.29. The number of aliphatic hydroxyl groups is 1.